The molecule has 2 fully saturated rings. The molecule has 1 saturated carbocycles. The van der Waals surface area contributed by atoms with Crippen LogP contribution >= 0.6 is 0 Å². The average molecular weight is 242 g/mol. The molecular formula is C13H26N2O2. The van der Waals surface area contributed by atoms with Crippen molar-refractivity contribution in [3.8, 4) is 0 Å². The van der Waals surface area contributed by atoms with E-state index in [9.17, 15) is 0 Å². The van der Waals surface area contributed by atoms with Crippen LogP contribution in [0.4, 0.5) is 0 Å². The molecule has 1 aliphatic carbocycles. The van der Waals surface area contributed by atoms with Gasteiger partial charge in [0.15, 0.2) is 0 Å². The fraction of sp³-hybridized carbons (Fsp3) is 1.00. The minimum atomic E-state index is 0.570. The van der Waals surface area contributed by atoms with Crippen LogP contribution in [0.2, 0.25) is 0 Å². The Hall–Kier alpha value is -0.160. The maximum absolute atomic E-state index is 5.34. The minimum Gasteiger partial charge on any atom is -0.385 e. The Morgan fingerprint density at radius 1 is 1.29 bits per heavy atom. The van der Waals surface area contributed by atoms with Gasteiger partial charge in [0.25, 0.3) is 0 Å². The van der Waals surface area contributed by atoms with Crippen LogP contribution < -0.4 is 5.32 Å². The summed E-state index contributed by atoms with van der Waals surface area (Å²) in [5.74, 6) is 0. The number of methoxy groups -OCH3 is 1. The van der Waals surface area contributed by atoms with Crippen LogP contribution in [0.5, 0.6) is 0 Å². The third-order valence-corrected chi connectivity index (χ3v) is 4.00. The minimum absolute atomic E-state index is 0.570. The molecule has 2 aliphatic rings. The van der Waals surface area contributed by atoms with Crippen molar-refractivity contribution in [2.75, 3.05) is 59.7 Å². The van der Waals surface area contributed by atoms with E-state index in [1.807, 2.05) is 0 Å². The Morgan fingerprint density at radius 3 is 2.71 bits per heavy atom. The lowest BCUT2D eigenvalue weighted by atomic mass is 10.0. The molecule has 1 heterocycles. The lowest BCUT2D eigenvalue weighted by Crippen LogP contribution is -2.41. The van der Waals surface area contributed by atoms with E-state index in [0.29, 0.717) is 5.41 Å². The molecule has 0 spiro atoms. The summed E-state index contributed by atoms with van der Waals surface area (Å²) in [6.45, 7) is 8.33. The van der Waals surface area contributed by atoms with Gasteiger partial charge in [0.2, 0.25) is 0 Å². The number of nitrogens with one attached hydrogen (secondary N) is 1. The van der Waals surface area contributed by atoms with E-state index in [-0.39, 0.29) is 0 Å². The third-order valence-electron chi connectivity index (χ3n) is 4.00. The zero-order chi connectivity index (χ0) is 12.0. The largest absolute Gasteiger partial charge is 0.385 e. The van der Waals surface area contributed by atoms with Crippen LogP contribution in [-0.2, 0) is 9.47 Å². The van der Waals surface area contributed by atoms with Crippen molar-refractivity contribution >= 4 is 0 Å². The highest BCUT2D eigenvalue weighted by atomic mass is 16.5. The summed E-state index contributed by atoms with van der Waals surface area (Å²) in [7, 11) is 1.79. The Morgan fingerprint density at radius 2 is 2.06 bits per heavy atom. The smallest absolute Gasteiger partial charge is 0.0594 e. The standard InChI is InChI=1S/C13H26N2O2/c1-16-9-4-13(2-3-13)12-14-5-6-15-7-10-17-11-8-15/h14H,2-12H2,1H3. The number of rotatable bonds is 8. The van der Waals surface area contributed by atoms with Crippen LogP contribution in [0.15, 0.2) is 0 Å². The van der Waals surface area contributed by atoms with Crippen LogP contribution in [-0.4, -0.2) is 64.6 Å². The maximum Gasteiger partial charge on any atom is 0.0594 e. The summed E-state index contributed by atoms with van der Waals surface area (Å²) >= 11 is 0. The molecule has 0 aromatic rings. The predicted molar refractivity (Wildman–Crippen MR) is 68.3 cm³/mol. The molecule has 0 aromatic carbocycles. The molecule has 100 valence electrons. The first-order chi connectivity index (χ1) is 8.35. The van der Waals surface area contributed by atoms with Gasteiger partial charge >= 0.3 is 0 Å². The van der Waals surface area contributed by atoms with E-state index < -0.39 is 0 Å². The number of morpholine rings is 1. The zero-order valence-corrected chi connectivity index (χ0v) is 11.0. The molecule has 0 radical (unpaired) electrons. The van der Waals surface area contributed by atoms with Crippen LogP contribution in [0.1, 0.15) is 19.3 Å². The summed E-state index contributed by atoms with van der Waals surface area (Å²) in [5.41, 5.74) is 0.570. The monoisotopic (exact) mass is 242 g/mol. The molecule has 0 bridgehead atoms. The van der Waals surface area contributed by atoms with E-state index in [0.717, 1.165) is 46.0 Å². The molecule has 17 heavy (non-hydrogen) atoms. The average Bonchev–Trinajstić information content (AvgIpc) is 3.14. The van der Waals surface area contributed by atoms with Gasteiger partial charge in [-0.3, -0.25) is 4.90 Å². The van der Waals surface area contributed by atoms with Crippen molar-refractivity contribution in [3.05, 3.63) is 0 Å². The highest BCUT2D eigenvalue weighted by molar-refractivity contribution is 4.94. The molecule has 1 N–H and O–H groups in total. The molecule has 4 nitrogen and oxygen atoms in total. The van der Waals surface area contributed by atoms with Crippen molar-refractivity contribution in [2.24, 2.45) is 5.41 Å². The third kappa shape index (κ3) is 4.54. The van der Waals surface area contributed by atoms with E-state index >= 15 is 0 Å². The van der Waals surface area contributed by atoms with Gasteiger partial charge < -0.3 is 14.8 Å². The van der Waals surface area contributed by atoms with E-state index in [1.54, 1.807) is 7.11 Å². The maximum atomic E-state index is 5.34. The van der Waals surface area contributed by atoms with Gasteiger partial charge in [0.1, 0.15) is 0 Å². The lowest BCUT2D eigenvalue weighted by molar-refractivity contribution is 0.0382. The van der Waals surface area contributed by atoms with Crippen LogP contribution in [0, 0.1) is 5.41 Å². The van der Waals surface area contributed by atoms with Crippen molar-refractivity contribution in [1.82, 2.24) is 10.2 Å². The highest BCUT2D eigenvalue weighted by Gasteiger charge is 2.41. The highest BCUT2D eigenvalue weighted by Crippen LogP contribution is 2.48. The quantitative estimate of drug-likeness (QED) is 0.636. The number of hydrogen-bond donors (Lipinski definition) is 1. The van der Waals surface area contributed by atoms with E-state index in [1.165, 1.54) is 25.8 Å². The van der Waals surface area contributed by atoms with Gasteiger partial charge in [-0.1, -0.05) is 0 Å². The first kappa shape index (κ1) is 13.3. The van der Waals surface area contributed by atoms with Crippen molar-refractivity contribution in [2.45, 2.75) is 19.3 Å². The fourth-order valence-electron chi connectivity index (χ4n) is 2.43. The second-order valence-corrected chi connectivity index (χ2v) is 5.37. The van der Waals surface area contributed by atoms with Crippen molar-refractivity contribution < 1.29 is 9.47 Å². The molecule has 0 unspecified atom stereocenters. The Bertz CT molecular complexity index is 213. The van der Waals surface area contributed by atoms with Gasteiger partial charge in [-0.2, -0.15) is 0 Å². The topological polar surface area (TPSA) is 33.7 Å². The Balaban J connectivity index is 1.50. The molecular weight excluding hydrogens is 216 g/mol. The Labute approximate surface area is 105 Å². The van der Waals surface area contributed by atoms with Gasteiger partial charge in [-0.15, -0.1) is 0 Å². The van der Waals surface area contributed by atoms with Gasteiger partial charge in [0, 0.05) is 46.4 Å². The van der Waals surface area contributed by atoms with Gasteiger partial charge in [0.05, 0.1) is 13.2 Å². The van der Waals surface area contributed by atoms with Crippen molar-refractivity contribution in [1.29, 1.82) is 0 Å². The second-order valence-electron chi connectivity index (χ2n) is 5.37. The summed E-state index contributed by atoms with van der Waals surface area (Å²) in [6.07, 6.45) is 3.97. The number of hydrogen-bond acceptors (Lipinski definition) is 4. The summed E-state index contributed by atoms with van der Waals surface area (Å²) in [4.78, 5) is 2.48. The molecule has 0 atom stereocenters. The zero-order valence-electron chi connectivity index (χ0n) is 11.0. The number of ether oxygens (including phenoxy) is 2. The van der Waals surface area contributed by atoms with Crippen molar-refractivity contribution in [3.63, 3.8) is 0 Å². The van der Waals surface area contributed by atoms with Crippen LogP contribution in [0.3, 0.4) is 0 Å². The molecule has 1 saturated heterocycles. The van der Waals surface area contributed by atoms with E-state index in [2.05, 4.69) is 10.2 Å². The lowest BCUT2D eigenvalue weighted by Gasteiger charge is -2.27. The van der Waals surface area contributed by atoms with Crippen LogP contribution in [0.25, 0.3) is 0 Å². The first-order valence-electron chi connectivity index (χ1n) is 6.84. The molecule has 1 aliphatic heterocycles. The van der Waals surface area contributed by atoms with Gasteiger partial charge in [-0.05, 0) is 24.7 Å². The molecule has 4 heteroatoms. The van der Waals surface area contributed by atoms with E-state index in [4.69, 9.17) is 9.47 Å². The summed E-state index contributed by atoms with van der Waals surface area (Å²) in [5, 5.41) is 3.61. The Kier molecular flexibility index (Phi) is 5.22. The SMILES string of the molecule is COCCC1(CNCCN2CCOCC2)CC1. The molecule has 0 amide bonds. The normalized spacial score (nSPS) is 23.8. The molecule has 2 rings (SSSR count). The molecule has 0 aromatic heterocycles. The summed E-state index contributed by atoms with van der Waals surface area (Å²) in [6, 6.07) is 0. The second kappa shape index (κ2) is 6.69. The summed E-state index contributed by atoms with van der Waals surface area (Å²) < 4.78 is 10.5. The predicted octanol–water partition coefficient (Wildman–Crippen LogP) is 0.725. The van der Waals surface area contributed by atoms with Gasteiger partial charge in [-0.25, -0.2) is 0 Å². The number of nitrogens with zero attached hydrogens (tertiary/aromatic N) is 1. The first-order valence-corrected chi connectivity index (χ1v) is 6.84. The fourth-order valence-corrected chi connectivity index (χ4v) is 2.43.